The molecule has 66 valence electrons. The molecule has 0 fully saturated rings. The minimum absolute atomic E-state index is 0.355. The van der Waals surface area contributed by atoms with Crippen LogP contribution in [-0.4, -0.2) is 38.6 Å². The Bertz CT molecular complexity index is 96.1. The van der Waals surface area contributed by atoms with Gasteiger partial charge in [0.25, 0.3) is 0 Å². The number of rotatable bonds is 7. The van der Waals surface area contributed by atoms with Crippen molar-refractivity contribution in [1.82, 2.24) is 4.90 Å². The highest BCUT2D eigenvalue weighted by atomic mass is 16.7. The van der Waals surface area contributed by atoms with Crippen molar-refractivity contribution in [3.63, 3.8) is 0 Å². The Morgan fingerprint density at radius 2 is 2.27 bits per heavy atom. The second-order valence-corrected chi connectivity index (χ2v) is 2.20. The highest BCUT2D eigenvalue weighted by molar-refractivity contribution is 4.70. The Labute approximate surface area is 68.6 Å². The van der Waals surface area contributed by atoms with Gasteiger partial charge in [0.15, 0.2) is 0 Å². The van der Waals surface area contributed by atoms with Crippen molar-refractivity contribution in [2.45, 2.75) is 6.92 Å². The summed E-state index contributed by atoms with van der Waals surface area (Å²) in [6.45, 7) is 8.52. The molecule has 0 aromatic rings. The van der Waals surface area contributed by atoms with Crippen LogP contribution >= 0.6 is 0 Å². The summed E-state index contributed by atoms with van der Waals surface area (Å²) < 4.78 is 9.88. The lowest BCUT2D eigenvalue weighted by molar-refractivity contribution is -0.0699. The van der Waals surface area contributed by atoms with Crippen molar-refractivity contribution in [2.24, 2.45) is 0 Å². The van der Waals surface area contributed by atoms with E-state index in [1.54, 1.807) is 7.11 Å². The van der Waals surface area contributed by atoms with Crippen molar-refractivity contribution in [1.29, 1.82) is 0 Å². The van der Waals surface area contributed by atoms with Crippen LogP contribution in [0.25, 0.3) is 0 Å². The topological polar surface area (TPSA) is 21.7 Å². The quantitative estimate of drug-likeness (QED) is 0.315. The van der Waals surface area contributed by atoms with Crippen molar-refractivity contribution >= 4 is 0 Å². The number of ether oxygens (including phenoxy) is 2. The van der Waals surface area contributed by atoms with Crippen LogP contribution in [0, 0.1) is 0 Å². The van der Waals surface area contributed by atoms with Gasteiger partial charge in [0.1, 0.15) is 13.5 Å². The zero-order valence-electron chi connectivity index (χ0n) is 7.38. The molecule has 0 amide bonds. The summed E-state index contributed by atoms with van der Waals surface area (Å²) in [5, 5.41) is 0. The SMILES string of the molecule is C=CCN(CC)COCOC. The molecule has 0 atom stereocenters. The standard InChI is InChI=1S/C8H17NO2/c1-4-6-9(5-2)7-11-8-10-3/h4H,1,5-8H2,2-3H3. The van der Waals surface area contributed by atoms with Crippen LogP contribution in [0.15, 0.2) is 12.7 Å². The maximum Gasteiger partial charge on any atom is 0.148 e. The summed E-state index contributed by atoms with van der Waals surface area (Å²) in [7, 11) is 1.61. The fourth-order valence-electron chi connectivity index (χ4n) is 0.705. The van der Waals surface area contributed by atoms with Gasteiger partial charge in [-0.25, -0.2) is 0 Å². The van der Waals surface area contributed by atoms with E-state index in [0.29, 0.717) is 13.5 Å². The fraction of sp³-hybridized carbons (Fsp3) is 0.750. The Hall–Kier alpha value is -0.380. The van der Waals surface area contributed by atoms with E-state index in [9.17, 15) is 0 Å². The molecule has 0 radical (unpaired) electrons. The Morgan fingerprint density at radius 1 is 1.55 bits per heavy atom. The second kappa shape index (κ2) is 7.72. The molecule has 3 heteroatoms. The van der Waals surface area contributed by atoms with E-state index in [1.165, 1.54) is 0 Å². The predicted molar refractivity (Wildman–Crippen MR) is 45.3 cm³/mol. The first-order chi connectivity index (χ1) is 5.35. The fourth-order valence-corrected chi connectivity index (χ4v) is 0.705. The molecule has 0 aliphatic heterocycles. The zero-order chi connectivity index (χ0) is 8.53. The number of methoxy groups -OCH3 is 1. The summed E-state index contributed by atoms with van der Waals surface area (Å²) in [6.07, 6.45) is 1.86. The van der Waals surface area contributed by atoms with Crippen LogP contribution < -0.4 is 0 Å². The third kappa shape index (κ3) is 6.04. The molecule has 0 aliphatic rings. The van der Waals surface area contributed by atoms with Crippen LogP contribution in [-0.2, 0) is 9.47 Å². The Balaban J connectivity index is 3.27. The maximum absolute atomic E-state index is 5.14. The van der Waals surface area contributed by atoms with Gasteiger partial charge in [-0.15, -0.1) is 6.58 Å². The van der Waals surface area contributed by atoms with E-state index in [-0.39, 0.29) is 0 Å². The van der Waals surface area contributed by atoms with E-state index < -0.39 is 0 Å². The minimum atomic E-state index is 0.355. The Kier molecular flexibility index (Phi) is 7.46. The van der Waals surface area contributed by atoms with Gasteiger partial charge in [-0.3, -0.25) is 4.90 Å². The summed E-state index contributed by atoms with van der Waals surface area (Å²) in [5.41, 5.74) is 0. The molecule has 3 nitrogen and oxygen atoms in total. The van der Waals surface area contributed by atoms with Gasteiger partial charge in [0, 0.05) is 13.7 Å². The molecule has 0 rings (SSSR count). The molecule has 0 saturated heterocycles. The minimum Gasteiger partial charge on any atom is -0.359 e. The van der Waals surface area contributed by atoms with Gasteiger partial charge in [-0.2, -0.15) is 0 Å². The van der Waals surface area contributed by atoms with E-state index in [4.69, 9.17) is 9.47 Å². The summed E-state index contributed by atoms with van der Waals surface area (Å²) >= 11 is 0. The van der Waals surface area contributed by atoms with E-state index in [2.05, 4.69) is 18.4 Å². The maximum atomic E-state index is 5.14. The zero-order valence-corrected chi connectivity index (χ0v) is 7.38. The third-order valence-electron chi connectivity index (χ3n) is 1.31. The van der Waals surface area contributed by atoms with Crippen LogP contribution in [0.2, 0.25) is 0 Å². The first kappa shape index (κ1) is 10.6. The number of hydrogen-bond acceptors (Lipinski definition) is 3. The number of hydrogen-bond donors (Lipinski definition) is 0. The second-order valence-electron chi connectivity index (χ2n) is 2.20. The third-order valence-corrected chi connectivity index (χ3v) is 1.31. The molecule has 0 aromatic heterocycles. The molecule has 0 saturated carbocycles. The van der Waals surface area contributed by atoms with Crippen LogP contribution in [0.4, 0.5) is 0 Å². The molecule has 0 unspecified atom stereocenters. The molecule has 11 heavy (non-hydrogen) atoms. The predicted octanol–water partition coefficient (Wildman–Crippen LogP) is 1.07. The van der Waals surface area contributed by atoms with Crippen molar-refractivity contribution < 1.29 is 9.47 Å². The molecular weight excluding hydrogens is 142 g/mol. The van der Waals surface area contributed by atoms with Gasteiger partial charge in [0.05, 0.1) is 0 Å². The van der Waals surface area contributed by atoms with Gasteiger partial charge in [-0.1, -0.05) is 13.0 Å². The monoisotopic (exact) mass is 159 g/mol. The molecule has 0 aromatic carbocycles. The molecule has 0 N–H and O–H groups in total. The van der Waals surface area contributed by atoms with Gasteiger partial charge in [-0.05, 0) is 6.54 Å². The van der Waals surface area contributed by atoms with Crippen molar-refractivity contribution in [3.8, 4) is 0 Å². The molecular formula is C8H17NO2. The van der Waals surface area contributed by atoms with E-state index in [1.807, 2.05) is 6.08 Å². The van der Waals surface area contributed by atoms with E-state index in [0.717, 1.165) is 13.1 Å². The smallest absolute Gasteiger partial charge is 0.148 e. The first-order valence-corrected chi connectivity index (χ1v) is 3.75. The summed E-state index contributed by atoms with van der Waals surface area (Å²) in [6, 6.07) is 0. The van der Waals surface area contributed by atoms with Crippen molar-refractivity contribution in [3.05, 3.63) is 12.7 Å². The molecule has 0 spiro atoms. The average Bonchev–Trinajstić information content (AvgIpc) is 2.03. The number of nitrogens with zero attached hydrogens (tertiary/aromatic N) is 1. The summed E-state index contributed by atoms with van der Waals surface area (Å²) in [5.74, 6) is 0. The van der Waals surface area contributed by atoms with Crippen LogP contribution in [0.5, 0.6) is 0 Å². The van der Waals surface area contributed by atoms with Gasteiger partial charge in [0.2, 0.25) is 0 Å². The van der Waals surface area contributed by atoms with Crippen molar-refractivity contribution in [2.75, 3.05) is 33.7 Å². The lowest BCUT2D eigenvalue weighted by Crippen LogP contribution is -2.26. The lowest BCUT2D eigenvalue weighted by Gasteiger charge is -2.17. The number of likely N-dealkylation sites (N-methyl/N-ethyl adjacent to an activating group) is 1. The Morgan fingerprint density at radius 3 is 2.73 bits per heavy atom. The highest BCUT2D eigenvalue weighted by Gasteiger charge is 1.97. The first-order valence-electron chi connectivity index (χ1n) is 3.75. The summed E-state index contributed by atoms with van der Waals surface area (Å²) in [4.78, 5) is 2.12. The van der Waals surface area contributed by atoms with Crippen LogP contribution in [0.1, 0.15) is 6.92 Å². The normalized spacial score (nSPS) is 10.5. The molecule has 0 heterocycles. The molecule has 0 bridgehead atoms. The van der Waals surface area contributed by atoms with Gasteiger partial charge >= 0.3 is 0 Å². The highest BCUT2D eigenvalue weighted by Crippen LogP contribution is 1.88. The van der Waals surface area contributed by atoms with E-state index >= 15 is 0 Å². The molecule has 0 aliphatic carbocycles. The van der Waals surface area contributed by atoms with Crippen LogP contribution in [0.3, 0.4) is 0 Å². The average molecular weight is 159 g/mol. The lowest BCUT2D eigenvalue weighted by atomic mass is 10.5. The largest absolute Gasteiger partial charge is 0.359 e. The van der Waals surface area contributed by atoms with Gasteiger partial charge < -0.3 is 9.47 Å².